The van der Waals surface area contributed by atoms with E-state index in [1.807, 2.05) is 32.4 Å². The summed E-state index contributed by atoms with van der Waals surface area (Å²) in [6.45, 7) is 4.81. The Morgan fingerprint density at radius 1 is 1.32 bits per heavy atom. The molecule has 1 aromatic heterocycles. The minimum atomic E-state index is -0.192. The lowest BCUT2D eigenvalue weighted by atomic mass is 9.98. The van der Waals surface area contributed by atoms with Crippen LogP contribution in [0.25, 0.3) is 11.1 Å². The minimum Gasteiger partial charge on any atom is -0.316 e. The number of rotatable bonds is 4. The Labute approximate surface area is 113 Å². The number of benzene rings is 1. The Morgan fingerprint density at radius 2 is 2.05 bits per heavy atom. The third-order valence-corrected chi connectivity index (χ3v) is 3.11. The van der Waals surface area contributed by atoms with Gasteiger partial charge in [-0.05, 0) is 24.6 Å². The van der Waals surface area contributed by atoms with Gasteiger partial charge < -0.3 is 5.32 Å². The summed E-state index contributed by atoms with van der Waals surface area (Å²) >= 11 is 0. The van der Waals surface area contributed by atoms with Crippen molar-refractivity contribution < 1.29 is 4.39 Å². The first kappa shape index (κ1) is 13.7. The van der Waals surface area contributed by atoms with E-state index in [2.05, 4.69) is 24.3 Å². The molecule has 0 unspecified atom stereocenters. The van der Waals surface area contributed by atoms with Gasteiger partial charge in [0.25, 0.3) is 0 Å². The van der Waals surface area contributed by atoms with E-state index in [0.717, 1.165) is 16.8 Å². The second kappa shape index (κ2) is 5.53. The summed E-state index contributed by atoms with van der Waals surface area (Å²) in [6.07, 6.45) is 1.88. The smallest absolute Gasteiger partial charge is 0.131 e. The van der Waals surface area contributed by atoms with Gasteiger partial charge in [0.05, 0.1) is 5.69 Å². The lowest BCUT2D eigenvalue weighted by Crippen LogP contribution is -2.05. The van der Waals surface area contributed by atoms with Crippen molar-refractivity contribution in [1.29, 1.82) is 0 Å². The fourth-order valence-corrected chi connectivity index (χ4v) is 2.23. The minimum absolute atomic E-state index is 0.192. The molecule has 4 heteroatoms. The molecule has 0 fully saturated rings. The first-order chi connectivity index (χ1) is 9.02. The van der Waals surface area contributed by atoms with Crippen LogP contribution in [0.2, 0.25) is 0 Å². The third-order valence-electron chi connectivity index (χ3n) is 3.11. The number of aryl methyl sites for hydroxylation is 1. The molecule has 1 N–H and O–H groups in total. The van der Waals surface area contributed by atoms with Crippen LogP contribution in [0, 0.1) is 5.82 Å². The Bertz CT molecular complexity index is 573. The van der Waals surface area contributed by atoms with Crippen LogP contribution in [0.3, 0.4) is 0 Å². The third kappa shape index (κ3) is 2.84. The van der Waals surface area contributed by atoms with Gasteiger partial charge in [-0.25, -0.2) is 4.39 Å². The fraction of sp³-hybridized carbons (Fsp3) is 0.400. The molecule has 0 saturated heterocycles. The average Bonchev–Trinajstić information content (AvgIpc) is 2.72. The van der Waals surface area contributed by atoms with Gasteiger partial charge in [0.15, 0.2) is 0 Å². The molecular formula is C15H20FN3. The monoisotopic (exact) mass is 261 g/mol. The van der Waals surface area contributed by atoms with Crippen LogP contribution in [0.15, 0.2) is 24.4 Å². The van der Waals surface area contributed by atoms with Crippen LogP contribution in [-0.2, 0) is 13.6 Å². The Hall–Kier alpha value is -1.68. The summed E-state index contributed by atoms with van der Waals surface area (Å²) in [5.41, 5.74) is 3.38. The van der Waals surface area contributed by atoms with Crippen LogP contribution < -0.4 is 5.32 Å². The molecule has 0 amide bonds. The number of hydrogen-bond donors (Lipinski definition) is 1. The molecule has 0 bridgehead atoms. The molecule has 1 heterocycles. The van der Waals surface area contributed by atoms with E-state index in [1.165, 1.54) is 0 Å². The van der Waals surface area contributed by atoms with Gasteiger partial charge in [-0.1, -0.05) is 26.0 Å². The fourth-order valence-electron chi connectivity index (χ4n) is 2.23. The Morgan fingerprint density at radius 3 is 2.63 bits per heavy atom. The lowest BCUT2D eigenvalue weighted by molar-refractivity contribution is 0.627. The normalized spacial score (nSPS) is 11.3. The van der Waals surface area contributed by atoms with Crippen molar-refractivity contribution in [3.8, 4) is 11.1 Å². The number of aromatic nitrogens is 2. The van der Waals surface area contributed by atoms with Crippen molar-refractivity contribution in [1.82, 2.24) is 15.1 Å². The van der Waals surface area contributed by atoms with E-state index in [0.29, 0.717) is 12.1 Å². The van der Waals surface area contributed by atoms with E-state index in [9.17, 15) is 4.39 Å². The molecule has 0 aliphatic rings. The highest BCUT2D eigenvalue weighted by Gasteiger charge is 2.16. The van der Waals surface area contributed by atoms with Crippen molar-refractivity contribution in [3.63, 3.8) is 0 Å². The number of hydrogen-bond acceptors (Lipinski definition) is 2. The molecule has 0 aliphatic carbocycles. The Kier molecular flexibility index (Phi) is 4.00. The van der Waals surface area contributed by atoms with Crippen LogP contribution in [0.1, 0.15) is 31.0 Å². The maximum atomic E-state index is 14.2. The second-order valence-corrected chi connectivity index (χ2v) is 5.10. The summed E-state index contributed by atoms with van der Waals surface area (Å²) < 4.78 is 16.0. The predicted octanol–water partition coefficient (Wildman–Crippen LogP) is 3.07. The predicted molar refractivity (Wildman–Crippen MR) is 75.5 cm³/mol. The van der Waals surface area contributed by atoms with Crippen LogP contribution in [0.4, 0.5) is 4.39 Å². The van der Waals surface area contributed by atoms with E-state index in [4.69, 9.17) is 0 Å². The highest BCUT2D eigenvalue weighted by atomic mass is 19.1. The molecule has 0 atom stereocenters. The second-order valence-electron chi connectivity index (χ2n) is 5.10. The molecule has 2 rings (SSSR count). The van der Waals surface area contributed by atoms with Gasteiger partial charge in [0, 0.05) is 30.9 Å². The SMILES string of the molecule is CNCc1ccc(-c2cn(C)nc2C(C)C)c(F)c1. The lowest BCUT2D eigenvalue weighted by Gasteiger charge is -2.08. The molecule has 19 heavy (non-hydrogen) atoms. The van der Waals surface area contributed by atoms with Crippen LogP contribution in [0.5, 0.6) is 0 Å². The zero-order valence-corrected chi connectivity index (χ0v) is 11.9. The molecule has 102 valence electrons. The Balaban J connectivity index is 2.47. The molecule has 2 aromatic rings. The zero-order chi connectivity index (χ0) is 14.0. The summed E-state index contributed by atoms with van der Waals surface area (Å²) in [6, 6.07) is 5.37. The first-order valence-corrected chi connectivity index (χ1v) is 6.50. The standard InChI is InChI=1S/C15H20FN3/c1-10(2)15-13(9-19(4)18-15)12-6-5-11(8-17-3)7-14(12)16/h5-7,9-10,17H,8H2,1-4H3. The van der Waals surface area contributed by atoms with Crippen LogP contribution in [-0.4, -0.2) is 16.8 Å². The van der Waals surface area contributed by atoms with Crippen molar-refractivity contribution in [2.24, 2.45) is 7.05 Å². The van der Waals surface area contributed by atoms with Gasteiger partial charge in [0.2, 0.25) is 0 Å². The van der Waals surface area contributed by atoms with Gasteiger partial charge >= 0.3 is 0 Å². The molecule has 0 spiro atoms. The molecule has 0 radical (unpaired) electrons. The largest absolute Gasteiger partial charge is 0.316 e. The van der Waals surface area contributed by atoms with Gasteiger partial charge in [0.1, 0.15) is 5.82 Å². The zero-order valence-electron chi connectivity index (χ0n) is 11.9. The maximum Gasteiger partial charge on any atom is 0.131 e. The highest BCUT2D eigenvalue weighted by Crippen LogP contribution is 2.30. The van der Waals surface area contributed by atoms with E-state index >= 15 is 0 Å². The molecule has 1 aromatic carbocycles. The topological polar surface area (TPSA) is 29.9 Å². The number of nitrogens with zero attached hydrogens (tertiary/aromatic N) is 2. The molecular weight excluding hydrogens is 241 g/mol. The average molecular weight is 261 g/mol. The number of nitrogens with one attached hydrogen (secondary N) is 1. The summed E-state index contributed by atoms with van der Waals surface area (Å²) in [7, 11) is 3.71. The highest BCUT2D eigenvalue weighted by molar-refractivity contribution is 5.67. The maximum absolute atomic E-state index is 14.2. The van der Waals surface area contributed by atoms with Gasteiger partial charge in [-0.2, -0.15) is 5.10 Å². The quantitative estimate of drug-likeness (QED) is 0.916. The van der Waals surface area contributed by atoms with E-state index < -0.39 is 0 Å². The van der Waals surface area contributed by atoms with Crippen molar-refractivity contribution in [2.45, 2.75) is 26.3 Å². The van der Waals surface area contributed by atoms with Gasteiger partial charge in [-0.3, -0.25) is 4.68 Å². The summed E-state index contributed by atoms with van der Waals surface area (Å²) in [4.78, 5) is 0. The molecule has 0 saturated carbocycles. The van der Waals surface area contributed by atoms with Crippen molar-refractivity contribution in [2.75, 3.05) is 7.05 Å². The molecule has 3 nitrogen and oxygen atoms in total. The first-order valence-electron chi connectivity index (χ1n) is 6.50. The number of halogens is 1. The van der Waals surface area contributed by atoms with Crippen molar-refractivity contribution >= 4 is 0 Å². The summed E-state index contributed by atoms with van der Waals surface area (Å²) in [5, 5.41) is 7.45. The molecule has 0 aliphatic heterocycles. The summed E-state index contributed by atoms with van der Waals surface area (Å²) in [5.74, 6) is 0.0789. The van der Waals surface area contributed by atoms with Gasteiger partial charge in [-0.15, -0.1) is 0 Å². The van der Waals surface area contributed by atoms with Crippen molar-refractivity contribution in [3.05, 3.63) is 41.5 Å². The van der Waals surface area contributed by atoms with E-state index in [1.54, 1.807) is 10.7 Å². The van der Waals surface area contributed by atoms with E-state index in [-0.39, 0.29) is 11.7 Å². The van der Waals surface area contributed by atoms with Crippen LogP contribution >= 0.6 is 0 Å².